The van der Waals surface area contributed by atoms with E-state index in [2.05, 4.69) is 52.5 Å². The van der Waals surface area contributed by atoms with Gasteiger partial charge < -0.3 is 9.80 Å². The van der Waals surface area contributed by atoms with Gasteiger partial charge in [0.15, 0.2) is 0 Å². The molecule has 0 N–H and O–H groups in total. The third kappa shape index (κ3) is 3.29. The summed E-state index contributed by atoms with van der Waals surface area (Å²) in [5.41, 5.74) is 5.63. The van der Waals surface area contributed by atoms with Gasteiger partial charge in [-0.25, -0.2) is 0 Å². The van der Waals surface area contributed by atoms with Gasteiger partial charge in [-0.15, -0.1) is 10.2 Å². The first-order valence-electron chi connectivity index (χ1n) is 10.5. The van der Waals surface area contributed by atoms with Gasteiger partial charge in [0.1, 0.15) is 6.54 Å². The molecule has 0 bridgehead atoms. The van der Waals surface area contributed by atoms with Crippen LogP contribution in [-0.2, 0) is 11.3 Å². The molecule has 0 unspecified atom stereocenters. The first-order chi connectivity index (χ1) is 14.5. The van der Waals surface area contributed by atoms with Crippen molar-refractivity contribution in [3.8, 4) is 11.4 Å². The number of nitrogens with zero attached hydrogens (tertiary/aromatic N) is 6. The Hall–Kier alpha value is -3.06. The lowest BCUT2D eigenvalue weighted by atomic mass is 9.89. The number of likely N-dealkylation sites (N-methyl/N-ethyl adjacent to an activating group) is 1. The lowest BCUT2D eigenvalue weighted by molar-refractivity contribution is -0.120. The molecule has 3 aromatic rings. The second kappa shape index (κ2) is 7.32. The minimum absolute atomic E-state index is 0.0185. The molecule has 0 aliphatic carbocycles. The number of amides is 1. The van der Waals surface area contributed by atoms with Crippen LogP contribution in [0.2, 0.25) is 0 Å². The molecule has 2 aliphatic rings. The van der Waals surface area contributed by atoms with E-state index in [0.29, 0.717) is 11.7 Å². The van der Waals surface area contributed by atoms with Gasteiger partial charge in [-0.3, -0.25) is 4.79 Å². The average Bonchev–Trinajstić information content (AvgIpc) is 3.31. The predicted octanol–water partition coefficient (Wildman–Crippen LogP) is 2.79. The number of carbonyl (C=O) groups excluding carboxylic acids is 1. The average molecular weight is 403 g/mol. The zero-order chi connectivity index (χ0) is 20.8. The molecule has 1 amide bonds. The van der Waals surface area contributed by atoms with E-state index in [0.717, 1.165) is 30.8 Å². The maximum Gasteiger partial charge on any atom is 0.250 e. The molecule has 7 nitrogen and oxygen atoms in total. The van der Waals surface area contributed by atoms with Crippen molar-refractivity contribution in [2.75, 3.05) is 25.0 Å². The molecule has 5 rings (SSSR count). The van der Waals surface area contributed by atoms with Crippen molar-refractivity contribution in [3.63, 3.8) is 0 Å². The number of aromatic nitrogens is 4. The maximum atomic E-state index is 13.4. The standard InChI is InChI=1S/C23H26N6O/c1-15-4-7-17(8-5-15)23-24-26-28(25-23)14-22(30)29-20-9-6-16(2)12-18(20)19-13-27(3)11-10-21(19)29/h4-9,12,19,21H,10-11,13-14H2,1-3H3/t19-,21-/m0/s1. The highest BCUT2D eigenvalue weighted by Gasteiger charge is 2.43. The normalized spacial score (nSPS) is 20.8. The lowest BCUT2D eigenvalue weighted by Crippen LogP contribution is -2.48. The van der Waals surface area contributed by atoms with Gasteiger partial charge >= 0.3 is 0 Å². The predicted molar refractivity (Wildman–Crippen MR) is 115 cm³/mol. The number of hydrogen-bond acceptors (Lipinski definition) is 5. The fourth-order valence-electron chi connectivity index (χ4n) is 4.73. The summed E-state index contributed by atoms with van der Waals surface area (Å²) in [5, 5.41) is 12.7. The third-order valence-corrected chi connectivity index (χ3v) is 6.26. The second-order valence-corrected chi connectivity index (χ2v) is 8.56. The molecular formula is C23H26N6O. The molecule has 0 spiro atoms. The Morgan fingerprint density at radius 1 is 1.10 bits per heavy atom. The highest BCUT2D eigenvalue weighted by atomic mass is 16.2. The number of benzene rings is 2. The maximum absolute atomic E-state index is 13.4. The largest absolute Gasteiger partial charge is 0.307 e. The monoisotopic (exact) mass is 402 g/mol. The summed E-state index contributed by atoms with van der Waals surface area (Å²) in [6, 6.07) is 14.6. The SMILES string of the molecule is Cc1ccc(-c2nnn(CC(=O)N3c4ccc(C)cc4[C@@H]4CN(C)CC[C@@H]43)n2)cc1. The molecule has 0 saturated carbocycles. The van der Waals surface area contributed by atoms with E-state index in [1.54, 1.807) is 0 Å². The van der Waals surface area contributed by atoms with E-state index >= 15 is 0 Å². The Labute approximate surface area is 176 Å². The van der Waals surface area contributed by atoms with Gasteiger partial charge in [-0.2, -0.15) is 4.80 Å². The summed E-state index contributed by atoms with van der Waals surface area (Å²) in [6.45, 7) is 6.21. The van der Waals surface area contributed by atoms with Crippen LogP contribution in [0.4, 0.5) is 5.69 Å². The van der Waals surface area contributed by atoms with Gasteiger partial charge in [-0.1, -0.05) is 47.5 Å². The smallest absolute Gasteiger partial charge is 0.250 e. The Morgan fingerprint density at radius 3 is 2.67 bits per heavy atom. The van der Waals surface area contributed by atoms with Crippen LogP contribution in [0.3, 0.4) is 0 Å². The molecule has 154 valence electrons. The van der Waals surface area contributed by atoms with E-state index in [9.17, 15) is 4.79 Å². The molecule has 2 atom stereocenters. The molecule has 30 heavy (non-hydrogen) atoms. The Balaban J connectivity index is 1.40. The van der Waals surface area contributed by atoms with Crippen LogP contribution >= 0.6 is 0 Å². The Morgan fingerprint density at radius 2 is 1.87 bits per heavy atom. The van der Waals surface area contributed by atoms with E-state index in [4.69, 9.17) is 0 Å². The van der Waals surface area contributed by atoms with Gasteiger partial charge in [0.05, 0.1) is 0 Å². The van der Waals surface area contributed by atoms with Crippen molar-refractivity contribution in [1.82, 2.24) is 25.1 Å². The summed E-state index contributed by atoms with van der Waals surface area (Å²) in [6.07, 6.45) is 0.972. The molecule has 1 aromatic heterocycles. The Bertz CT molecular complexity index is 1090. The summed E-state index contributed by atoms with van der Waals surface area (Å²) in [5.74, 6) is 0.914. The number of fused-ring (bicyclic) bond motifs is 3. The number of aryl methyl sites for hydroxylation is 2. The number of likely N-dealkylation sites (tertiary alicyclic amines) is 1. The van der Waals surface area contributed by atoms with Crippen molar-refractivity contribution < 1.29 is 4.79 Å². The molecule has 1 saturated heterocycles. The van der Waals surface area contributed by atoms with Crippen LogP contribution in [0.15, 0.2) is 42.5 Å². The number of rotatable bonds is 3. The number of hydrogen-bond donors (Lipinski definition) is 0. The van der Waals surface area contributed by atoms with Crippen molar-refractivity contribution in [3.05, 3.63) is 59.2 Å². The fraction of sp³-hybridized carbons (Fsp3) is 0.391. The molecule has 2 aromatic carbocycles. The van der Waals surface area contributed by atoms with Crippen LogP contribution in [0.25, 0.3) is 11.4 Å². The molecule has 1 fully saturated rings. The first kappa shape index (κ1) is 18.9. The quantitative estimate of drug-likeness (QED) is 0.674. The van der Waals surface area contributed by atoms with Crippen LogP contribution in [0.1, 0.15) is 29.0 Å². The van der Waals surface area contributed by atoms with E-state index in [1.807, 2.05) is 36.1 Å². The van der Waals surface area contributed by atoms with Crippen LogP contribution in [0.5, 0.6) is 0 Å². The molecule has 7 heteroatoms. The number of anilines is 1. The highest BCUT2D eigenvalue weighted by Crippen LogP contribution is 2.45. The minimum atomic E-state index is 0.0185. The van der Waals surface area contributed by atoms with Gasteiger partial charge in [0, 0.05) is 29.8 Å². The zero-order valence-electron chi connectivity index (χ0n) is 17.6. The summed E-state index contributed by atoms with van der Waals surface area (Å²) >= 11 is 0. The van der Waals surface area contributed by atoms with Gasteiger partial charge in [0.2, 0.25) is 5.82 Å². The van der Waals surface area contributed by atoms with E-state index < -0.39 is 0 Å². The van der Waals surface area contributed by atoms with Crippen LogP contribution < -0.4 is 4.90 Å². The van der Waals surface area contributed by atoms with E-state index in [1.165, 1.54) is 21.5 Å². The fourth-order valence-corrected chi connectivity index (χ4v) is 4.73. The highest BCUT2D eigenvalue weighted by molar-refractivity contribution is 5.96. The molecular weight excluding hydrogens is 376 g/mol. The summed E-state index contributed by atoms with van der Waals surface area (Å²) < 4.78 is 0. The lowest BCUT2D eigenvalue weighted by Gasteiger charge is -2.36. The van der Waals surface area contributed by atoms with Gasteiger partial charge in [-0.05, 0) is 50.7 Å². The molecule has 3 heterocycles. The van der Waals surface area contributed by atoms with Gasteiger partial charge in [0.25, 0.3) is 5.91 Å². The summed E-state index contributed by atoms with van der Waals surface area (Å²) in [4.78, 5) is 19.1. The molecule has 0 radical (unpaired) electrons. The van der Waals surface area contributed by atoms with Crippen molar-refractivity contribution in [1.29, 1.82) is 0 Å². The van der Waals surface area contributed by atoms with Crippen molar-refractivity contribution in [2.24, 2.45) is 0 Å². The Kier molecular flexibility index (Phi) is 4.62. The van der Waals surface area contributed by atoms with E-state index in [-0.39, 0.29) is 18.5 Å². The van der Waals surface area contributed by atoms with Crippen LogP contribution in [-0.4, -0.2) is 57.2 Å². The second-order valence-electron chi connectivity index (χ2n) is 8.56. The number of piperidine rings is 1. The number of tetrazole rings is 1. The summed E-state index contributed by atoms with van der Waals surface area (Å²) in [7, 11) is 2.15. The number of carbonyl (C=O) groups is 1. The molecule has 2 aliphatic heterocycles. The minimum Gasteiger partial charge on any atom is -0.307 e. The van der Waals surface area contributed by atoms with Crippen molar-refractivity contribution >= 4 is 11.6 Å². The van der Waals surface area contributed by atoms with Crippen LogP contribution in [0, 0.1) is 13.8 Å². The zero-order valence-corrected chi connectivity index (χ0v) is 17.6. The topological polar surface area (TPSA) is 67.2 Å². The third-order valence-electron chi connectivity index (χ3n) is 6.26. The first-order valence-corrected chi connectivity index (χ1v) is 10.5. The van der Waals surface area contributed by atoms with Crippen molar-refractivity contribution in [2.45, 2.75) is 38.8 Å².